The first-order valence-corrected chi connectivity index (χ1v) is 25.1. The number of carbonyl (C=O) groups is 2. The Morgan fingerprint density at radius 3 is 1.79 bits per heavy atom. The van der Waals surface area contributed by atoms with Gasteiger partial charge >= 0.3 is 0 Å². The first-order chi connectivity index (χ1) is 30.9. The minimum absolute atomic E-state index is 0.207. The molecule has 0 unspecified atom stereocenters. The molecular weight excluding hydrogens is 873 g/mol. The predicted molar refractivity (Wildman–Crippen MR) is 249 cm³/mol. The van der Waals surface area contributed by atoms with E-state index in [4.69, 9.17) is 9.72 Å². The molecule has 0 aliphatic heterocycles. The van der Waals surface area contributed by atoms with E-state index in [-0.39, 0.29) is 29.5 Å². The van der Waals surface area contributed by atoms with Gasteiger partial charge in [0.2, 0.25) is 0 Å². The van der Waals surface area contributed by atoms with Crippen LogP contribution < -0.4 is 10.6 Å². The van der Waals surface area contributed by atoms with Gasteiger partial charge in [-0.05, 0) is 84.0 Å². The van der Waals surface area contributed by atoms with Crippen LogP contribution >= 0.6 is 0 Å². The number of fused-ring (bicyclic) bond motifs is 4. The van der Waals surface area contributed by atoms with Crippen LogP contribution in [0.15, 0.2) is 61.2 Å². The predicted octanol–water partition coefficient (Wildman–Crippen LogP) is 8.82. The first-order valence-electron chi connectivity index (χ1n) is 21.4. The summed E-state index contributed by atoms with van der Waals surface area (Å²) in [6.45, 7) is 16.5. The van der Waals surface area contributed by atoms with Gasteiger partial charge in [-0.15, -0.1) is 0 Å². The van der Waals surface area contributed by atoms with E-state index in [0.29, 0.717) is 68.1 Å². The van der Waals surface area contributed by atoms with Gasteiger partial charge in [-0.3, -0.25) is 19.0 Å². The summed E-state index contributed by atoms with van der Waals surface area (Å²) in [6, 6.07) is 8.40. The van der Waals surface area contributed by atoms with Crippen molar-refractivity contribution in [2.24, 2.45) is 14.1 Å². The second-order valence-electron chi connectivity index (χ2n) is 18.7. The van der Waals surface area contributed by atoms with Crippen molar-refractivity contribution in [1.29, 1.82) is 0 Å². The number of halogens is 4. The fourth-order valence-electron chi connectivity index (χ4n) is 6.88. The number of aryl methyl sites for hydroxylation is 2. The van der Waals surface area contributed by atoms with Gasteiger partial charge < -0.3 is 24.9 Å². The molecule has 6 heterocycles. The van der Waals surface area contributed by atoms with Crippen LogP contribution in [0, 0.1) is 11.6 Å². The van der Waals surface area contributed by atoms with Gasteiger partial charge in [0.25, 0.3) is 11.8 Å². The maximum Gasteiger partial charge on any atom is 0.255 e. The lowest BCUT2D eigenvalue weighted by molar-refractivity contribution is 0.0852. The minimum Gasteiger partial charge on any atom is -0.361 e. The number of rotatable bonds is 13. The summed E-state index contributed by atoms with van der Waals surface area (Å²) in [7, 11) is 2.18. The second-order valence-corrected chi connectivity index (χ2v) is 24.4. The lowest BCUT2D eigenvalue weighted by Crippen LogP contribution is -2.44. The Morgan fingerprint density at radius 2 is 1.27 bits per heavy atom. The molecule has 15 nitrogen and oxygen atoms in total. The topological polar surface area (TPSA) is 175 Å². The molecule has 0 radical (unpaired) electrons. The highest BCUT2D eigenvalue weighted by molar-refractivity contribution is 6.76. The Balaban J connectivity index is 0.000000202. The van der Waals surface area contributed by atoms with Gasteiger partial charge in [0.1, 0.15) is 63.5 Å². The summed E-state index contributed by atoms with van der Waals surface area (Å²) >= 11 is 0. The van der Waals surface area contributed by atoms with Crippen LogP contribution in [0.5, 0.6) is 0 Å². The lowest BCUT2D eigenvalue weighted by Gasteiger charge is -2.23. The molecule has 0 spiro atoms. The van der Waals surface area contributed by atoms with E-state index in [1.807, 2.05) is 0 Å². The maximum absolute atomic E-state index is 14.4. The van der Waals surface area contributed by atoms with Crippen LogP contribution in [0.25, 0.3) is 66.9 Å². The van der Waals surface area contributed by atoms with Crippen molar-refractivity contribution < 1.29 is 31.9 Å². The number of ether oxygens (including phenoxy) is 1. The molecule has 2 amide bonds. The van der Waals surface area contributed by atoms with Gasteiger partial charge in [-0.25, -0.2) is 37.5 Å². The fraction of sp³-hybridized carbons (Fsp3) is 0.391. The zero-order valence-corrected chi connectivity index (χ0v) is 39.8. The van der Waals surface area contributed by atoms with E-state index in [9.17, 15) is 27.2 Å². The van der Waals surface area contributed by atoms with Crippen LogP contribution in [0.3, 0.4) is 0 Å². The van der Waals surface area contributed by atoms with E-state index in [1.54, 1.807) is 72.6 Å². The Labute approximate surface area is 379 Å². The highest BCUT2D eigenvalue weighted by Crippen LogP contribution is 2.31. The Hall–Kier alpha value is -6.54. The zero-order valence-electron chi connectivity index (χ0n) is 38.8. The number of aromatic amines is 1. The number of alkyl halides is 2. The van der Waals surface area contributed by atoms with E-state index < -0.39 is 43.3 Å². The Kier molecular flexibility index (Phi) is 13.0. The molecule has 6 aromatic heterocycles. The van der Waals surface area contributed by atoms with Gasteiger partial charge in [-0.1, -0.05) is 19.6 Å². The molecular formula is C46H54F4N12O3Si. The number of benzene rings is 2. The Bertz CT molecular complexity index is 3100. The largest absolute Gasteiger partial charge is 0.361 e. The van der Waals surface area contributed by atoms with Crippen LogP contribution in [0.4, 0.5) is 17.6 Å². The summed E-state index contributed by atoms with van der Waals surface area (Å²) in [4.78, 5) is 47.0. The molecule has 66 heavy (non-hydrogen) atoms. The van der Waals surface area contributed by atoms with Crippen molar-refractivity contribution in [3.8, 4) is 22.8 Å². The second kappa shape index (κ2) is 18.0. The molecule has 8 aromatic rings. The van der Waals surface area contributed by atoms with E-state index in [2.05, 4.69) is 60.4 Å². The maximum atomic E-state index is 14.4. The number of hydrogen-bond acceptors (Lipinski definition) is 9. The molecule has 0 bridgehead atoms. The number of nitrogens with zero attached hydrogens (tertiary/aromatic N) is 9. The van der Waals surface area contributed by atoms with Crippen molar-refractivity contribution >= 4 is 64.0 Å². The van der Waals surface area contributed by atoms with E-state index >= 15 is 0 Å². The van der Waals surface area contributed by atoms with E-state index in [0.717, 1.165) is 11.4 Å². The van der Waals surface area contributed by atoms with Gasteiger partial charge in [0, 0.05) is 51.9 Å². The first kappa shape index (κ1) is 47.4. The molecule has 8 rings (SSSR count). The number of aromatic nitrogens is 10. The third kappa shape index (κ3) is 10.1. The minimum atomic E-state index is -1.60. The van der Waals surface area contributed by atoms with Crippen LogP contribution in [0.1, 0.15) is 62.3 Å². The molecule has 3 N–H and O–H groups in total. The highest BCUT2D eigenvalue weighted by atomic mass is 28.3. The lowest BCUT2D eigenvalue weighted by atomic mass is 10.0. The standard InChI is InChI=1S/C26H34F2N6O2Si.C20H20F2N6O/c1-16(26(2,3)28)30-25(35)19-14-34(15-36-10-11-37(5,6)7)24-23(19)31-20(13-29-24)22-18-9-8-17(27)12-21(18)33(4)32-22;1-10(20(2,3)22)25-19(29)13-8-23-18-17(13)26-14(9-24-18)16-12-6-5-11(21)7-15(12)28(4)27-16/h8-9,12-14,16H,10-11,15H2,1-7H3,(H,30,35);5-10H,1-4H3,(H,23,24)(H,25,29)/t16-;10-/m11/s1. The van der Waals surface area contributed by atoms with Crippen molar-refractivity contribution in [2.75, 3.05) is 6.61 Å². The molecule has 348 valence electrons. The average molecular weight is 927 g/mol. The third-order valence-electron chi connectivity index (χ3n) is 11.5. The van der Waals surface area contributed by atoms with E-state index in [1.165, 1.54) is 58.2 Å². The summed E-state index contributed by atoms with van der Waals surface area (Å²) in [5.74, 6) is -1.63. The highest BCUT2D eigenvalue weighted by Gasteiger charge is 2.30. The number of H-pyrrole nitrogens is 1. The summed E-state index contributed by atoms with van der Waals surface area (Å²) in [6.07, 6.45) is 6.26. The van der Waals surface area contributed by atoms with Crippen LogP contribution in [0.2, 0.25) is 25.7 Å². The number of carbonyl (C=O) groups excluding carboxylic acids is 2. The normalized spacial score (nSPS) is 13.3. The van der Waals surface area contributed by atoms with Crippen LogP contribution in [-0.4, -0.2) is 99.0 Å². The average Bonchev–Trinajstić information content (AvgIpc) is 4.00. The summed E-state index contributed by atoms with van der Waals surface area (Å²) in [5.41, 5.74) is 2.13. The zero-order chi connectivity index (χ0) is 48.0. The van der Waals surface area contributed by atoms with Crippen molar-refractivity contribution in [1.82, 2.24) is 59.7 Å². The van der Waals surface area contributed by atoms with Crippen molar-refractivity contribution in [3.63, 3.8) is 0 Å². The van der Waals surface area contributed by atoms with Crippen LogP contribution in [-0.2, 0) is 25.6 Å². The molecule has 0 aliphatic rings. The molecule has 0 fully saturated rings. The molecule has 0 saturated carbocycles. The Morgan fingerprint density at radius 1 is 0.773 bits per heavy atom. The number of amides is 2. The fourth-order valence-corrected chi connectivity index (χ4v) is 7.64. The van der Waals surface area contributed by atoms with Crippen molar-refractivity contribution in [3.05, 3.63) is 83.9 Å². The monoisotopic (exact) mass is 926 g/mol. The quantitative estimate of drug-likeness (QED) is 0.0580. The smallest absolute Gasteiger partial charge is 0.255 e. The summed E-state index contributed by atoms with van der Waals surface area (Å²) in [5, 5.41) is 15.8. The molecule has 20 heteroatoms. The molecule has 2 aromatic carbocycles. The number of hydrogen-bond donors (Lipinski definition) is 3. The molecule has 0 saturated heterocycles. The SMILES string of the molecule is C[C@@H](NC(=O)c1c[nH]c2ncc(-c3nn(C)c4cc(F)ccc34)nc12)C(C)(C)F.C[C@@H](NC(=O)c1cn(COCC[Si](C)(C)C)c2ncc(-c3nn(C)c4cc(F)ccc34)nc12)C(C)(C)F. The van der Waals surface area contributed by atoms with Gasteiger partial charge in [0.15, 0.2) is 11.3 Å². The number of nitrogens with one attached hydrogen (secondary N) is 3. The van der Waals surface area contributed by atoms with Gasteiger partial charge in [-0.2, -0.15) is 10.2 Å². The van der Waals surface area contributed by atoms with Gasteiger partial charge in [0.05, 0.1) is 46.6 Å². The molecule has 0 aliphatic carbocycles. The third-order valence-corrected chi connectivity index (χ3v) is 13.2. The molecule has 2 atom stereocenters. The summed E-state index contributed by atoms with van der Waals surface area (Å²) < 4.78 is 66.7. The van der Waals surface area contributed by atoms with Crippen molar-refractivity contribution in [2.45, 2.75) is 97.4 Å².